The van der Waals surface area contributed by atoms with Crippen LogP contribution in [0.4, 0.5) is 0 Å². The number of nitrogens with one attached hydrogen (secondary N) is 1. The molecule has 8 heteroatoms. The van der Waals surface area contributed by atoms with Crippen LogP contribution in [-0.4, -0.2) is 51.5 Å². The Hall–Kier alpha value is -2.58. The van der Waals surface area contributed by atoms with Crippen molar-refractivity contribution in [2.45, 2.75) is 64.3 Å². The minimum Gasteiger partial charge on any atom is -0.497 e. The van der Waals surface area contributed by atoms with Crippen LogP contribution in [0.3, 0.4) is 0 Å². The SMILES string of the molecule is COc1ccc(S(=O)(=O)N2CCC(NC(=O)C(C)(C)CCCOc3cc(C)ccc3C)CC2)cc1. The number of amides is 1. The molecule has 1 aliphatic heterocycles. The molecule has 1 heterocycles. The van der Waals surface area contributed by atoms with Crippen molar-refractivity contribution in [1.29, 1.82) is 0 Å². The largest absolute Gasteiger partial charge is 0.497 e. The zero-order chi connectivity index (χ0) is 25.6. The maximum atomic E-state index is 13.0. The van der Waals surface area contributed by atoms with E-state index in [4.69, 9.17) is 9.47 Å². The van der Waals surface area contributed by atoms with Gasteiger partial charge in [0.25, 0.3) is 0 Å². The molecule has 0 bridgehead atoms. The van der Waals surface area contributed by atoms with Gasteiger partial charge >= 0.3 is 0 Å². The van der Waals surface area contributed by atoms with Crippen LogP contribution in [0, 0.1) is 19.3 Å². The molecule has 7 nitrogen and oxygen atoms in total. The monoisotopic (exact) mass is 502 g/mol. The first-order valence-corrected chi connectivity index (χ1v) is 13.6. The number of hydrogen-bond donors (Lipinski definition) is 1. The lowest BCUT2D eigenvalue weighted by molar-refractivity contribution is -0.130. The molecule has 0 radical (unpaired) electrons. The van der Waals surface area contributed by atoms with Gasteiger partial charge in [-0.25, -0.2) is 8.42 Å². The second-order valence-electron chi connectivity index (χ2n) is 9.93. The summed E-state index contributed by atoms with van der Waals surface area (Å²) in [5.41, 5.74) is 1.73. The van der Waals surface area contributed by atoms with Gasteiger partial charge in [-0.3, -0.25) is 4.79 Å². The molecule has 35 heavy (non-hydrogen) atoms. The molecule has 1 saturated heterocycles. The van der Waals surface area contributed by atoms with Gasteiger partial charge in [-0.1, -0.05) is 26.0 Å². The summed E-state index contributed by atoms with van der Waals surface area (Å²) in [5, 5.41) is 3.14. The molecule has 0 aliphatic carbocycles. The number of methoxy groups -OCH3 is 1. The van der Waals surface area contributed by atoms with Gasteiger partial charge in [0.2, 0.25) is 15.9 Å². The highest BCUT2D eigenvalue weighted by Gasteiger charge is 2.33. The fraction of sp³-hybridized carbons (Fsp3) is 0.519. The van der Waals surface area contributed by atoms with Crippen LogP contribution in [0.2, 0.25) is 0 Å². The standard InChI is InChI=1S/C27H38N2O5S/c1-20-7-8-21(2)25(19-20)34-18-6-15-27(3,4)26(30)28-22-13-16-29(17-14-22)35(31,32)24-11-9-23(33-5)10-12-24/h7-12,19,22H,6,13-18H2,1-5H3,(H,28,30). The van der Waals surface area contributed by atoms with Gasteiger partial charge in [0.15, 0.2) is 0 Å². The number of piperidine rings is 1. The van der Waals surface area contributed by atoms with Crippen LogP contribution < -0.4 is 14.8 Å². The number of nitrogens with zero attached hydrogens (tertiary/aromatic N) is 1. The average molecular weight is 503 g/mol. The Morgan fingerprint density at radius 3 is 2.37 bits per heavy atom. The summed E-state index contributed by atoms with van der Waals surface area (Å²) in [6.45, 7) is 9.28. The van der Waals surface area contributed by atoms with Crippen LogP contribution in [0.5, 0.6) is 11.5 Å². The maximum Gasteiger partial charge on any atom is 0.243 e. The fourth-order valence-electron chi connectivity index (χ4n) is 4.19. The third kappa shape index (κ3) is 6.98. The highest BCUT2D eigenvalue weighted by atomic mass is 32.2. The topological polar surface area (TPSA) is 84.9 Å². The smallest absolute Gasteiger partial charge is 0.243 e. The minimum absolute atomic E-state index is 0.000646. The van der Waals surface area contributed by atoms with Crippen LogP contribution in [-0.2, 0) is 14.8 Å². The average Bonchev–Trinajstić information content (AvgIpc) is 2.84. The number of carbonyl (C=O) groups excluding carboxylic acids is 1. The molecular weight excluding hydrogens is 464 g/mol. The van der Waals surface area contributed by atoms with Crippen molar-refractivity contribution in [3.63, 3.8) is 0 Å². The van der Waals surface area contributed by atoms with E-state index in [9.17, 15) is 13.2 Å². The van der Waals surface area contributed by atoms with E-state index >= 15 is 0 Å². The minimum atomic E-state index is -3.56. The number of ether oxygens (including phenoxy) is 2. The Morgan fingerprint density at radius 2 is 1.74 bits per heavy atom. The van der Waals surface area contributed by atoms with Crippen molar-refractivity contribution in [1.82, 2.24) is 9.62 Å². The third-order valence-electron chi connectivity index (χ3n) is 6.65. The predicted molar refractivity (Wildman–Crippen MR) is 137 cm³/mol. The summed E-state index contributed by atoms with van der Waals surface area (Å²) in [6.07, 6.45) is 2.65. The summed E-state index contributed by atoms with van der Waals surface area (Å²) in [5.74, 6) is 1.51. The molecule has 1 aliphatic rings. The van der Waals surface area contributed by atoms with Crippen molar-refractivity contribution in [2.24, 2.45) is 5.41 Å². The first-order chi connectivity index (χ1) is 16.5. The van der Waals surface area contributed by atoms with Gasteiger partial charge in [-0.2, -0.15) is 4.31 Å². The molecule has 2 aromatic carbocycles. The number of rotatable bonds is 10. The molecular formula is C27H38N2O5S. The predicted octanol–water partition coefficient (Wildman–Crippen LogP) is 4.47. The molecule has 0 aromatic heterocycles. The van der Waals surface area contributed by atoms with E-state index in [0.717, 1.165) is 23.3 Å². The van der Waals surface area contributed by atoms with E-state index in [1.165, 1.54) is 4.31 Å². The van der Waals surface area contributed by atoms with Crippen LogP contribution in [0.25, 0.3) is 0 Å². The lowest BCUT2D eigenvalue weighted by Crippen LogP contribution is -2.49. The second kappa shape index (κ2) is 11.4. The Morgan fingerprint density at radius 1 is 1.09 bits per heavy atom. The number of carbonyl (C=O) groups is 1. The number of aryl methyl sites for hydroxylation is 2. The Balaban J connectivity index is 1.45. The molecule has 2 aromatic rings. The van der Waals surface area contributed by atoms with Gasteiger partial charge < -0.3 is 14.8 Å². The second-order valence-corrected chi connectivity index (χ2v) is 11.9. The first-order valence-electron chi connectivity index (χ1n) is 12.2. The molecule has 0 saturated carbocycles. The molecule has 3 rings (SSSR count). The molecule has 0 unspecified atom stereocenters. The maximum absolute atomic E-state index is 13.0. The summed E-state index contributed by atoms with van der Waals surface area (Å²) in [7, 11) is -2.01. The molecule has 1 fully saturated rings. The van der Waals surface area contributed by atoms with E-state index in [1.54, 1.807) is 31.4 Å². The molecule has 1 N–H and O–H groups in total. The van der Waals surface area contributed by atoms with Gasteiger partial charge in [-0.05, 0) is 81.0 Å². The molecule has 192 valence electrons. The van der Waals surface area contributed by atoms with E-state index in [1.807, 2.05) is 33.8 Å². The van der Waals surface area contributed by atoms with Gasteiger partial charge in [0, 0.05) is 24.5 Å². The highest BCUT2D eigenvalue weighted by Crippen LogP contribution is 2.26. The van der Waals surface area contributed by atoms with Crippen LogP contribution in [0.15, 0.2) is 47.4 Å². The van der Waals surface area contributed by atoms with Crippen LogP contribution in [0.1, 0.15) is 50.7 Å². The van der Waals surface area contributed by atoms with E-state index in [-0.39, 0.29) is 16.8 Å². The summed E-state index contributed by atoms with van der Waals surface area (Å²) >= 11 is 0. The van der Waals surface area contributed by atoms with Crippen molar-refractivity contribution in [3.8, 4) is 11.5 Å². The Bertz CT molecular complexity index is 1100. The molecule has 1 amide bonds. The van der Waals surface area contributed by atoms with Crippen molar-refractivity contribution in [3.05, 3.63) is 53.6 Å². The highest BCUT2D eigenvalue weighted by molar-refractivity contribution is 7.89. The number of hydrogen-bond acceptors (Lipinski definition) is 5. The van der Waals surface area contributed by atoms with Crippen molar-refractivity contribution in [2.75, 3.05) is 26.8 Å². The number of sulfonamides is 1. The first kappa shape index (κ1) is 27.0. The summed E-state index contributed by atoms with van der Waals surface area (Å²) in [6, 6.07) is 12.5. The Labute approximate surface area is 209 Å². The fourth-order valence-corrected chi connectivity index (χ4v) is 5.66. The summed E-state index contributed by atoms with van der Waals surface area (Å²) in [4.78, 5) is 13.2. The van der Waals surface area contributed by atoms with Gasteiger partial charge in [0.1, 0.15) is 11.5 Å². The van der Waals surface area contributed by atoms with E-state index in [2.05, 4.69) is 17.4 Å². The zero-order valence-electron chi connectivity index (χ0n) is 21.5. The van der Waals surface area contributed by atoms with E-state index in [0.29, 0.717) is 44.7 Å². The lowest BCUT2D eigenvalue weighted by Gasteiger charge is -2.34. The quantitative estimate of drug-likeness (QED) is 0.485. The summed E-state index contributed by atoms with van der Waals surface area (Å²) < 4.78 is 38.4. The lowest BCUT2D eigenvalue weighted by atomic mass is 9.86. The van der Waals surface area contributed by atoms with E-state index < -0.39 is 15.4 Å². The molecule has 0 spiro atoms. The molecule has 0 atom stereocenters. The number of benzene rings is 2. The van der Waals surface area contributed by atoms with Gasteiger partial charge in [0.05, 0.1) is 18.6 Å². The Kier molecular flexibility index (Phi) is 8.83. The van der Waals surface area contributed by atoms with Crippen molar-refractivity contribution < 1.29 is 22.7 Å². The zero-order valence-corrected chi connectivity index (χ0v) is 22.3. The van der Waals surface area contributed by atoms with Crippen molar-refractivity contribution >= 4 is 15.9 Å². The van der Waals surface area contributed by atoms with Crippen LogP contribution >= 0.6 is 0 Å². The van der Waals surface area contributed by atoms with Gasteiger partial charge in [-0.15, -0.1) is 0 Å². The third-order valence-corrected chi connectivity index (χ3v) is 8.56. The normalized spacial score (nSPS) is 15.6.